The fourth-order valence-corrected chi connectivity index (χ4v) is 2.67. The van der Waals surface area contributed by atoms with Crippen LogP contribution < -0.4 is 16.0 Å². The van der Waals surface area contributed by atoms with E-state index in [-0.39, 0.29) is 11.2 Å². The molecule has 22 heavy (non-hydrogen) atoms. The molecule has 0 bridgehead atoms. The third-order valence-corrected chi connectivity index (χ3v) is 3.94. The summed E-state index contributed by atoms with van der Waals surface area (Å²) >= 11 is 0. The molecular weight excluding hydrogens is 282 g/mol. The van der Waals surface area contributed by atoms with E-state index in [1.54, 1.807) is 14.2 Å². The van der Waals surface area contributed by atoms with Crippen molar-refractivity contribution in [2.75, 3.05) is 7.11 Å². The number of ether oxygens (including phenoxy) is 1. The molecule has 2 heterocycles. The van der Waals surface area contributed by atoms with Gasteiger partial charge >= 0.3 is 5.69 Å². The Kier molecular flexibility index (Phi) is 3.44. The summed E-state index contributed by atoms with van der Waals surface area (Å²) in [5.74, 6) is 1.29. The van der Waals surface area contributed by atoms with Gasteiger partial charge in [-0.05, 0) is 17.7 Å². The molecule has 0 saturated carbocycles. The van der Waals surface area contributed by atoms with Crippen molar-refractivity contribution in [2.45, 2.75) is 12.8 Å². The molecule has 0 N–H and O–H groups in total. The molecule has 2 aromatic rings. The standard InChI is InChI=1S/C16H17N3O3/c1-18-14-13(15(20)19(2)16(18)21)9-11(17-14)8-10-4-6-12(22-3)7-5-10/h4-7H,8-9H2,1-3H3. The summed E-state index contributed by atoms with van der Waals surface area (Å²) in [6.45, 7) is 0. The van der Waals surface area contributed by atoms with Gasteiger partial charge in [0.15, 0.2) is 0 Å². The molecule has 0 radical (unpaired) electrons. The number of aliphatic imine (C=N–C) groups is 1. The first-order valence-corrected chi connectivity index (χ1v) is 6.99. The van der Waals surface area contributed by atoms with Gasteiger partial charge in [0.2, 0.25) is 0 Å². The number of fused-ring (bicyclic) bond motifs is 1. The van der Waals surface area contributed by atoms with Gasteiger partial charge in [-0.15, -0.1) is 0 Å². The van der Waals surface area contributed by atoms with Crippen LogP contribution in [-0.2, 0) is 26.9 Å². The van der Waals surface area contributed by atoms with Gasteiger partial charge in [0.05, 0.1) is 12.7 Å². The molecular formula is C16H17N3O3. The van der Waals surface area contributed by atoms with Gasteiger partial charge in [0, 0.05) is 32.6 Å². The fourth-order valence-electron chi connectivity index (χ4n) is 2.67. The third-order valence-electron chi connectivity index (χ3n) is 3.94. The topological polar surface area (TPSA) is 65.6 Å². The van der Waals surface area contributed by atoms with Gasteiger partial charge in [0.1, 0.15) is 11.6 Å². The minimum absolute atomic E-state index is 0.258. The number of benzene rings is 1. The van der Waals surface area contributed by atoms with Crippen LogP contribution in [0, 0.1) is 0 Å². The monoisotopic (exact) mass is 299 g/mol. The Labute approximate surface area is 127 Å². The van der Waals surface area contributed by atoms with Crippen molar-refractivity contribution in [1.29, 1.82) is 0 Å². The minimum Gasteiger partial charge on any atom is -0.497 e. The Morgan fingerprint density at radius 3 is 2.45 bits per heavy atom. The maximum atomic E-state index is 12.2. The number of hydrogen-bond acceptors (Lipinski definition) is 4. The normalized spacial score (nSPS) is 13.0. The van der Waals surface area contributed by atoms with Crippen LogP contribution in [0.4, 0.5) is 5.82 Å². The highest BCUT2D eigenvalue weighted by Crippen LogP contribution is 2.23. The Hall–Kier alpha value is -2.63. The first-order valence-electron chi connectivity index (χ1n) is 6.99. The van der Waals surface area contributed by atoms with Crippen LogP contribution in [0.15, 0.2) is 38.8 Å². The molecule has 0 amide bonds. The molecule has 1 aromatic heterocycles. The molecule has 1 aliphatic heterocycles. The van der Waals surface area contributed by atoms with Gasteiger partial charge in [-0.25, -0.2) is 9.79 Å². The van der Waals surface area contributed by atoms with Crippen molar-refractivity contribution in [3.05, 3.63) is 56.2 Å². The lowest BCUT2D eigenvalue weighted by Crippen LogP contribution is -2.38. The van der Waals surface area contributed by atoms with Crippen LogP contribution in [0.3, 0.4) is 0 Å². The fraction of sp³-hybridized carbons (Fsp3) is 0.312. The molecule has 0 fully saturated rings. The molecule has 114 valence electrons. The molecule has 0 unspecified atom stereocenters. The summed E-state index contributed by atoms with van der Waals surface area (Å²) in [4.78, 5) is 28.6. The predicted molar refractivity (Wildman–Crippen MR) is 84.4 cm³/mol. The summed E-state index contributed by atoms with van der Waals surface area (Å²) in [7, 11) is 4.76. The smallest absolute Gasteiger partial charge is 0.332 e. The highest BCUT2D eigenvalue weighted by atomic mass is 16.5. The quantitative estimate of drug-likeness (QED) is 0.848. The minimum atomic E-state index is -0.349. The molecule has 1 aliphatic rings. The van der Waals surface area contributed by atoms with E-state index >= 15 is 0 Å². The number of hydrogen-bond donors (Lipinski definition) is 0. The second-order valence-corrected chi connectivity index (χ2v) is 5.39. The van der Waals surface area contributed by atoms with Crippen LogP contribution in [0.25, 0.3) is 0 Å². The van der Waals surface area contributed by atoms with Gasteiger partial charge in [0.25, 0.3) is 5.56 Å². The third kappa shape index (κ3) is 2.26. The molecule has 6 heteroatoms. The number of rotatable bonds is 3. The van der Waals surface area contributed by atoms with E-state index < -0.39 is 0 Å². The first-order chi connectivity index (χ1) is 10.5. The summed E-state index contributed by atoms with van der Waals surface area (Å²) in [6.07, 6.45) is 1.14. The van der Waals surface area contributed by atoms with Crippen molar-refractivity contribution < 1.29 is 4.74 Å². The van der Waals surface area contributed by atoms with Crippen molar-refractivity contribution in [3.8, 4) is 5.75 Å². The molecule has 6 nitrogen and oxygen atoms in total. The van der Waals surface area contributed by atoms with E-state index in [0.717, 1.165) is 21.6 Å². The number of nitrogens with zero attached hydrogens (tertiary/aromatic N) is 3. The van der Waals surface area contributed by atoms with Crippen molar-refractivity contribution >= 4 is 11.5 Å². The zero-order valence-corrected chi connectivity index (χ0v) is 12.8. The van der Waals surface area contributed by atoms with E-state index in [0.29, 0.717) is 24.2 Å². The van der Waals surface area contributed by atoms with E-state index in [9.17, 15) is 9.59 Å². The van der Waals surface area contributed by atoms with E-state index in [1.807, 2.05) is 24.3 Å². The second-order valence-electron chi connectivity index (χ2n) is 5.39. The van der Waals surface area contributed by atoms with E-state index in [1.165, 1.54) is 11.6 Å². The van der Waals surface area contributed by atoms with Crippen LogP contribution in [-0.4, -0.2) is 22.0 Å². The number of aromatic nitrogens is 2. The molecule has 0 spiro atoms. The van der Waals surface area contributed by atoms with Crippen molar-refractivity contribution in [3.63, 3.8) is 0 Å². The van der Waals surface area contributed by atoms with Crippen molar-refractivity contribution in [2.24, 2.45) is 19.1 Å². The van der Waals surface area contributed by atoms with Crippen molar-refractivity contribution in [1.82, 2.24) is 9.13 Å². The largest absolute Gasteiger partial charge is 0.497 e. The zero-order valence-electron chi connectivity index (χ0n) is 12.8. The molecule has 3 rings (SSSR count). The summed E-state index contributed by atoms with van der Waals surface area (Å²) in [5, 5.41) is 0. The molecule has 1 aromatic carbocycles. The van der Waals surface area contributed by atoms with E-state index in [4.69, 9.17) is 4.74 Å². The van der Waals surface area contributed by atoms with E-state index in [2.05, 4.69) is 4.99 Å². The lowest BCUT2D eigenvalue weighted by molar-refractivity contribution is 0.414. The highest BCUT2D eigenvalue weighted by Gasteiger charge is 2.22. The number of methoxy groups -OCH3 is 1. The predicted octanol–water partition coefficient (Wildman–Crippen LogP) is 0.964. The zero-order chi connectivity index (χ0) is 15.9. The van der Waals surface area contributed by atoms with Crippen LogP contribution in [0.5, 0.6) is 5.75 Å². The molecule has 0 saturated heterocycles. The summed E-state index contributed by atoms with van der Waals surface area (Å²) in [6, 6.07) is 7.74. The first kappa shape index (κ1) is 14.3. The maximum absolute atomic E-state index is 12.2. The Morgan fingerprint density at radius 1 is 1.14 bits per heavy atom. The highest BCUT2D eigenvalue weighted by molar-refractivity contribution is 5.94. The lowest BCUT2D eigenvalue weighted by Gasteiger charge is -2.05. The lowest BCUT2D eigenvalue weighted by atomic mass is 10.0. The van der Waals surface area contributed by atoms with Crippen LogP contribution in [0.2, 0.25) is 0 Å². The second kappa shape index (κ2) is 5.29. The van der Waals surface area contributed by atoms with Crippen LogP contribution >= 0.6 is 0 Å². The van der Waals surface area contributed by atoms with Gasteiger partial charge in [-0.2, -0.15) is 0 Å². The maximum Gasteiger partial charge on any atom is 0.332 e. The average molecular weight is 299 g/mol. The summed E-state index contributed by atoms with van der Waals surface area (Å²) < 4.78 is 7.69. The Morgan fingerprint density at radius 2 is 1.82 bits per heavy atom. The van der Waals surface area contributed by atoms with Gasteiger partial charge < -0.3 is 4.74 Å². The molecule has 0 atom stereocenters. The van der Waals surface area contributed by atoms with Crippen LogP contribution in [0.1, 0.15) is 11.1 Å². The Bertz CT molecular complexity index is 873. The van der Waals surface area contributed by atoms with Gasteiger partial charge in [-0.3, -0.25) is 13.9 Å². The molecule has 0 aliphatic carbocycles. The summed E-state index contributed by atoms with van der Waals surface area (Å²) in [5.41, 5.74) is 1.96. The SMILES string of the molecule is COc1ccc(CC2=Nc3c(c(=O)n(C)c(=O)n3C)C2)cc1. The average Bonchev–Trinajstić information content (AvgIpc) is 2.95. The van der Waals surface area contributed by atoms with Gasteiger partial charge in [-0.1, -0.05) is 12.1 Å². The Balaban J connectivity index is 1.92.